The molecule has 1 heterocycles. The topological polar surface area (TPSA) is 18.5 Å². The number of aryl methyl sites for hydroxylation is 1. The number of nitrogens with zero attached hydrogens (tertiary/aromatic N) is 2. The van der Waals surface area contributed by atoms with E-state index in [0.29, 0.717) is 11.5 Å². The third kappa shape index (κ3) is 4.34. The van der Waals surface area contributed by atoms with Crippen molar-refractivity contribution < 1.29 is 4.39 Å². The first-order valence-corrected chi connectivity index (χ1v) is 7.72. The van der Waals surface area contributed by atoms with Crippen LogP contribution < -0.4 is 5.43 Å². The molecule has 0 bridgehead atoms. The Kier molecular flexibility index (Phi) is 5.24. The summed E-state index contributed by atoms with van der Waals surface area (Å²) in [5.41, 5.74) is 7.08. The zero-order chi connectivity index (χ0) is 16.3. The van der Waals surface area contributed by atoms with Crippen molar-refractivity contribution in [3.05, 3.63) is 53.0 Å². The third-order valence-electron chi connectivity index (χ3n) is 3.46. The summed E-state index contributed by atoms with van der Waals surface area (Å²) in [4.78, 5) is 2.13. The van der Waals surface area contributed by atoms with Crippen molar-refractivity contribution in [2.24, 2.45) is 5.92 Å². The Morgan fingerprint density at radius 3 is 2.59 bits per heavy atom. The predicted octanol–water partition coefficient (Wildman–Crippen LogP) is 3.40. The number of benzene rings is 1. The van der Waals surface area contributed by atoms with Crippen molar-refractivity contribution in [2.75, 3.05) is 27.2 Å². The number of halogens is 1. The molecule has 2 rings (SSSR count). The van der Waals surface area contributed by atoms with E-state index >= 15 is 0 Å². The lowest BCUT2D eigenvalue weighted by molar-refractivity contribution is 0.279. The first-order chi connectivity index (χ1) is 10.3. The normalized spacial score (nSPS) is 15.0. The molecule has 0 amide bonds. The molecule has 22 heavy (non-hydrogen) atoms. The van der Waals surface area contributed by atoms with E-state index in [1.165, 1.54) is 5.57 Å². The standard InChI is InChI=1S/C18H26FN3/c1-13(2)10-22-12-15(11-21(4)5)8-18(20-22)16-7-6-14(3)17(19)9-16/h6-9,12-13,20H,10-11H2,1-5H3. The van der Waals surface area contributed by atoms with Gasteiger partial charge in [0.25, 0.3) is 0 Å². The van der Waals surface area contributed by atoms with Crippen molar-refractivity contribution in [2.45, 2.75) is 20.8 Å². The summed E-state index contributed by atoms with van der Waals surface area (Å²) in [6.07, 6.45) is 4.23. The van der Waals surface area contributed by atoms with E-state index in [1.54, 1.807) is 13.0 Å². The zero-order valence-electron chi connectivity index (χ0n) is 14.2. The molecular formula is C18H26FN3. The molecule has 0 atom stereocenters. The van der Waals surface area contributed by atoms with Crippen molar-refractivity contribution in [3.8, 4) is 0 Å². The highest BCUT2D eigenvalue weighted by atomic mass is 19.1. The molecule has 0 saturated heterocycles. The Bertz CT molecular complexity index is 588. The van der Waals surface area contributed by atoms with Gasteiger partial charge in [-0.25, -0.2) is 4.39 Å². The van der Waals surface area contributed by atoms with Crippen LogP contribution in [0.15, 0.2) is 36.0 Å². The molecule has 0 fully saturated rings. The van der Waals surface area contributed by atoms with Gasteiger partial charge in [0, 0.05) is 24.9 Å². The van der Waals surface area contributed by atoms with E-state index in [1.807, 2.05) is 12.1 Å². The minimum atomic E-state index is -0.167. The van der Waals surface area contributed by atoms with Gasteiger partial charge in [-0.3, -0.25) is 10.4 Å². The van der Waals surface area contributed by atoms with Crippen LogP contribution in [0.1, 0.15) is 25.0 Å². The van der Waals surface area contributed by atoms with Gasteiger partial charge in [-0.05, 0) is 50.2 Å². The maximum absolute atomic E-state index is 13.9. The van der Waals surface area contributed by atoms with Crippen LogP contribution in [0.3, 0.4) is 0 Å². The zero-order valence-corrected chi connectivity index (χ0v) is 14.2. The van der Waals surface area contributed by atoms with Gasteiger partial charge in [-0.2, -0.15) is 0 Å². The van der Waals surface area contributed by atoms with Crippen molar-refractivity contribution in [3.63, 3.8) is 0 Å². The first-order valence-electron chi connectivity index (χ1n) is 7.72. The van der Waals surface area contributed by atoms with Gasteiger partial charge in [0.15, 0.2) is 0 Å². The Hall–Kier alpha value is -1.81. The van der Waals surface area contributed by atoms with Gasteiger partial charge in [0.05, 0.1) is 5.70 Å². The summed E-state index contributed by atoms with van der Waals surface area (Å²) < 4.78 is 13.9. The van der Waals surface area contributed by atoms with Gasteiger partial charge in [0.1, 0.15) is 5.82 Å². The number of hydrogen-bond donors (Lipinski definition) is 1. The van der Waals surface area contributed by atoms with Crippen LogP contribution in [0.5, 0.6) is 0 Å². The Morgan fingerprint density at radius 1 is 1.27 bits per heavy atom. The van der Waals surface area contributed by atoms with E-state index < -0.39 is 0 Å². The molecule has 1 aliphatic rings. The van der Waals surface area contributed by atoms with Crippen LogP contribution in [0, 0.1) is 18.7 Å². The largest absolute Gasteiger partial charge is 0.305 e. The maximum atomic E-state index is 13.9. The average molecular weight is 303 g/mol. The average Bonchev–Trinajstić information content (AvgIpc) is 2.40. The van der Waals surface area contributed by atoms with Gasteiger partial charge in [-0.1, -0.05) is 26.0 Å². The lowest BCUT2D eigenvalue weighted by Gasteiger charge is -2.31. The number of hydrogen-bond acceptors (Lipinski definition) is 3. The Morgan fingerprint density at radius 2 is 2.00 bits per heavy atom. The highest BCUT2D eigenvalue weighted by Gasteiger charge is 2.15. The molecule has 0 aromatic heterocycles. The van der Waals surface area contributed by atoms with E-state index in [0.717, 1.165) is 24.4 Å². The maximum Gasteiger partial charge on any atom is 0.126 e. The van der Waals surface area contributed by atoms with Gasteiger partial charge >= 0.3 is 0 Å². The summed E-state index contributed by atoms with van der Waals surface area (Å²) >= 11 is 0. The second-order valence-corrected chi connectivity index (χ2v) is 6.62. The number of hydrazine groups is 1. The fourth-order valence-corrected chi connectivity index (χ4v) is 2.49. The van der Waals surface area contributed by atoms with Crippen molar-refractivity contribution in [1.29, 1.82) is 0 Å². The summed E-state index contributed by atoms with van der Waals surface area (Å²) in [5, 5.41) is 2.09. The molecule has 1 N–H and O–H groups in total. The predicted molar refractivity (Wildman–Crippen MR) is 90.4 cm³/mol. The molecule has 3 nitrogen and oxygen atoms in total. The van der Waals surface area contributed by atoms with Crippen molar-refractivity contribution >= 4 is 5.70 Å². The third-order valence-corrected chi connectivity index (χ3v) is 3.46. The van der Waals surface area contributed by atoms with Crippen LogP contribution >= 0.6 is 0 Å². The lowest BCUT2D eigenvalue weighted by Crippen LogP contribution is -2.38. The molecule has 0 aliphatic carbocycles. The minimum Gasteiger partial charge on any atom is -0.305 e. The smallest absolute Gasteiger partial charge is 0.126 e. The van der Waals surface area contributed by atoms with E-state index in [-0.39, 0.29) is 5.82 Å². The highest BCUT2D eigenvalue weighted by molar-refractivity contribution is 5.68. The molecule has 120 valence electrons. The summed E-state index contributed by atoms with van der Waals surface area (Å²) in [5.74, 6) is 0.373. The van der Waals surface area contributed by atoms with Crippen LogP contribution in [-0.2, 0) is 0 Å². The molecule has 0 spiro atoms. The molecular weight excluding hydrogens is 277 g/mol. The fourth-order valence-electron chi connectivity index (χ4n) is 2.49. The SMILES string of the molecule is Cc1ccc(C2=CC(CN(C)C)=CN(CC(C)C)N2)cc1F. The number of rotatable bonds is 5. The number of likely N-dealkylation sites (N-methyl/N-ethyl adjacent to an activating group) is 1. The monoisotopic (exact) mass is 303 g/mol. The Balaban J connectivity index is 2.30. The fraction of sp³-hybridized carbons (Fsp3) is 0.444. The van der Waals surface area contributed by atoms with Crippen LogP contribution in [0.2, 0.25) is 0 Å². The lowest BCUT2D eigenvalue weighted by atomic mass is 10.1. The van der Waals surface area contributed by atoms with E-state index in [9.17, 15) is 4.39 Å². The summed E-state index contributed by atoms with van der Waals surface area (Å²) in [6, 6.07) is 5.38. The molecule has 0 saturated carbocycles. The molecule has 1 aromatic carbocycles. The van der Waals surface area contributed by atoms with Crippen LogP contribution in [0.25, 0.3) is 5.70 Å². The molecule has 0 radical (unpaired) electrons. The minimum absolute atomic E-state index is 0.167. The Labute approximate surface area is 133 Å². The first kappa shape index (κ1) is 16.6. The van der Waals surface area contributed by atoms with Gasteiger partial charge in [-0.15, -0.1) is 0 Å². The highest BCUT2D eigenvalue weighted by Crippen LogP contribution is 2.22. The van der Waals surface area contributed by atoms with Gasteiger partial charge < -0.3 is 4.90 Å². The van der Waals surface area contributed by atoms with E-state index in [4.69, 9.17) is 0 Å². The molecule has 4 heteroatoms. The number of nitrogens with one attached hydrogen (secondary N) is 1. The van der Waals surface area contributed by atoms with Crippen molar-refractivity contribution in [1.82, 2.24) is 15.3 Å². The molecule has 0 unspecified atom stereocenters. The molecule has 1 aliphatic heterocycles. The summed E-state index contributed by atoms with van der Waals surface area (Å²) in [7, 11) is 4.10. The van der Waals surface area contributed by atoms with E-state index in [2.05, 4.69) is 55.6 Å². The van der Waals surface area contributed by atoms with Crippen LogP contribution in [-0.4, -0.2) is 37.1 Å². The van der Waals surface area contributed by atoms with Gasteiger partial charge in [0.2, 0.25) is 0 Å². The van der Waals surface area contributed by atoms with Crippen LogP contribution in [0.4, 0.5) is 4.39 Å². The molecule has 1 aromatic rings. The second kappa shape index (κ2) is 6.97. The summed E-state index contributed by atoms with van der Waals surface area (Å²) in [6.45, 7) is 7.91. The quantitative estimate of drug-likeness (QED) is 0.899. The second-order valence-electron chi connectivity index (χ2n) is 6.62.